The minimum absolute atomic E-state index is 0. The molecule has 0 spiro atoms. The number of benzene rings is 1. The molecule has 0 unspecified atom stereocenters. The van der Waals surface area contributed by atoms with E-state index in [1.54, 1.807) is 25.1 Å². The van der Waals surface area contributed by atoms with Gasteiger partial charge in [0.15, 0.2) is 0 Å². The molecule has 130 valence electrons. The number of nitrogens with two attached hydrogens (primary N) is 1. The number of ether oxygens (including phenoxy) is 2. The van der Waals surface area contributed by atoms with E-state index in [2.05, 4.69) is 4.90 Å². The summed E-state index contributed by atoms with van der Waals surface area (Å²) in [5, 5.41) is 0. The molecule has 0 saturated carbocycles. The molecule has 0 aliphatic carbocycles. The van der Waals surface area contributed by atoms with E-state index in [9.17, 15) is 4.79 Å². The first-order valence-electron chi connectivity index (χ1n) is 8.12. The predicted octanol–water partition coefficient (Wildman–Crippen LogP) is 3.12. The Hall–Kier alpha value is -1.46. The van der Waals surface area contributed by atoms with Crippen molar-refractivity contribution in [2.24, 2.45) is 0 Å². The van der Waals surface area contributed by atoms with Crippen LogP contribution in [0.5, 0.6) is 5.75 Å². The normalized spacial score (nSPS) is 14.8. The van der Waals surface area contributed by atoms with Crippen LogP contribution in [-0.4, -0.2) is 43.7 Å². The Morgan fingerprint density at radius 2 is 2.00 bits per heavy atom. The fraction of sp³-hybridized carbons (Fsp3) is 0.588. The van der Waals surface area contributed by atoms with Gasteiger partial charge in [-0.15, -0.1) is 12.4 Å². The van der Waals surface area contributed by atoms with E-state index in [1.165, 1.54) is 32.4 Å². The second-order valence-corrected chi connectivity index (χ2v) is 5.58. The van der Waals surface area contributed by atoms with Crippen LogP contribution in [0.25, 0.3) is 0 Å². The highest BCUT2D eigenvalue weighted by Crippen LogP contribution is 2.22. The summed E-state index contributed by atoms with van der Waals surface area (Å²) in [6.07, 6.45) is 4.89. The number of hydrogen-bond acceptors (Lipinski definition) is 5. The summed E-state index contributed by atoms with van der Waals surface area (Å²) in [6.45, 7) is 6.13. The predicted molar refractivity (Wildman–Crippen MR) is 94.5 cm³/mol. The molecule has 1 saturated heterocycles. The molecular weight excluding hydrogens is 316 g/mol. The Bertz CT molecular complexity index is 491. The summed E-state index contributed by atoms with van der Waals surface area (Å²) in [6, 6.07) is 5.09. The lowest BCUT2D eigenvalue weighted by molar-refractivity contribution is 0.0521. The third-order valence-electron chi connectivity index (χ3n) is 3.82. The van der Waals surface area contributed by atoms with Crippen molar-refractivity contribution < 1.29 is 14.3 Å². The molecular formula is C17H27ClN2O3. The van der Waals surface area contributed by atoms with Crippen molar-refractivity contribution in [1.82, 2.24) is 4.90 Å². The number of esters is 1. The number of piperidine rings is 1. The summed E-state index contributed by atoms with van der Waals surface area (Å²) >= 11 is 0. The molecule has 0 radical (unpaired) electrons. The lowest BCUT2D eigenvalue weighted by Crippen LogP contribution is -2.31. The van der Waals surface area contributed by atoms with Crippen LogP contribution in [0.3, 0.4) is 0 Å². The molecule has 1 aromatic carbocycles. The molecule has 6 heteroatoms. The van der Waals surface area contributed by atoms with E-state index in [1.807, 2.05) is 0 Å². The van der Waals surface area contributed by atoms with Gasteiger partial charge in [-0.2, -0.15) is 0 Å². The fourth-order valence-corrected chi connectivity index (χ4v) is 2.70. The zero-order valence-corrected chi connectivity index (χ0v) is 14.6. The van der Waals surface area contributed by atoms with Crippen molar-refractivity contribution in [3.63, 3.8) is 0 Å². The van der Waals surface area contributed by atoms with Crippen molar-refractivity contribution in [3.8, 4) is 5.75 Å². The zero-order valence-electron chi connectivity index (χ0n) is 13.8. The Labute approximate surface area is 144 Å². The van der Waals surface area contributed by atoms with Gasteiger partial charge in [-0.3, -0.25) is 0 Å². The topological polar surface area (TPSA) is 64.8 Å². The molecule has 1 aliphatic rings. The highest BCUT2D eigenvalue weighted by Gasteiger charge is 2.15. The number of halogens is 1. The van der Waals surface area contributed by atoms with Gasteiger partial charge in [0.2, 0.25) is 0 Å². The van der Waals surface area contributed by atoms with Crippen LogP contribution in [-0.2, 0) is 4.74 Å². The average Bonchev–Trinajstić information content (AvgIpc) is 2.54. The SMILES string of the molecule is CCOC(=O)c1cc(N)ccc1OCCCN1CCCCC1.Cl. The van der Waals surface area contributed by atoms with Crippen molar-refractivity contribution in [3.05, 3.63) is 23.8 Å². The number of likely N-dealkylation sites (tertiary alicyclic amines) is 1. The number of anilines is 1. The van der Waals surface area contributed by atoms with E-state index in [4.69, 9.17) is 15.2 Å². The van der Waals surface area contributed by atoms with Crippen LogP contribution in [0.4, 0.5) is 5.69 Å². The lowest BCUT2D eigenvalue weighted by atomic mass is 10.1. The van der Waals surface area contributed by atoms with E-state index < -0.39 is 0 Å². The summed E-state index contributed by atoms with van der Waals surface area (Å²) in [5.74, 6) is 0.159. The highest BCUT2D eigenvalue weighted by molar-refractivity contribution is 5.93. The van der Waals surface area contributed by atoms with Crippen LogP contribution in [0, 0.1) is 0 Å². The second kappa shape index (κ2) is 10.3. The van der Waals surface area contributed by atoms with E-state index >= 15 is 0 Å². The largest absolute Gasteiger partial charge is 0.493 e. The van der Waals surface area contributed by atoms with E-state index in [0.717, 1.165) is 13.0 Å². The number of rotatable bonds is 7. The van der Waals surface area contributed by atoms with Gasteiger partial charge in [0.25, 0.3) is 0 Å². The number of carbonyl (C=O) groups excluding carboxylic acids is 1. The Balaban J connectivity index is 0.00000264. The number of hydrogen-bond donors (Lipinski definition) is 1. The summed E-state index contributed by atoms with van der Waals surface area (Å²) < 4.78 is 10.8. The van der Waals surface area contributed by atoms with Crippen molar-refractivity contribution >= 4 is 24.1 Å². The van der Waals surface area contributed by atoms with Gasteiger partial charge in [-0.25, -0.2) is 4.79 Å². The third-order valence-corrected chi connectivity index (χ3v) is 3.82. The number of nitrogen functional groups attached to an aromatic ring is 1. The lowest BCUT2D eigenvalue weighted by Gasteiger charge is -2.26. The first-order valence-corrected chi connectivity index (χ1v) is 8.12. The van der Waals surface area contributed by atoms with Crippen LogP contribution in [0.1, 0.15) is 43.0 Å². The quantitative estimate of drug-likeness (QED) is 0.468. The number of nitrogens with zero attached hydrogens (tertiary/aromatic N) is 1. The van der Waals surface area contributed by atoms with Gasteiger partial charge in [-0.05, 0) is 57.5 Å². The Kier molecular flexibility index (Phi) is 8.81. The van der Waals surface area contributed by atoms with Gasteiger partial charge in [0.05, 0.1) is 13.2 Å². The minimum atomic E-state index is -0.388. The molecule has 0 aromatic heterocycles. The standard InChI is InChI=1S/C17H26N2O3.ClH/c1-2-21-17(20)15-13-14(18)7-8-16(15)22-12-6-11-19-9-4-3-5-10-19;/h7-8,13H,2-6,9-12,18H2,1H3;1H. The molecule has 0 bridgehead atoms. The monoisotopic (exact) mass is 342 g/mol. The smallest absolute Gasteiger partial charge is 0.341 e. The maximum atomic E-state index is 11.9. The molecule has 0 amide bonds. The zero-order chi connectivity index (χ0) is 15.8. The van der Waals surface area contributed by atoms with Gasteiger partial charge >= 0.3 is 5.97 Å². The summed E-state index contributed by atoms with van der Waals surface area (Å²) in [5.41, 5.74) is 6.68. The Morgan fingerprint density at radius 1 is 1.26 bits per heavy atom. The highest BCUT2D eigenvalue weighted by atomic mass is 35.5. The van der Waals surface area contributed by atoms with E-state index in [0.29, 0.717) is 30.2 Å². The second-order valence-electron chi connectivity index (χ2n) is 5.58. The van der Waals surface area contributed by atoms with Crippen LogP contribution < -0.4 is 10.5 Å². The molecule has 0 atom stereocenters. The van der Waals surface area contributed by atoms with Gasteiger partial charge in [0, 0.05) is 12.2 Å². The maximum Gasteiger partial charge on any atom is 0.341 e. The summed E-state index contributed by atoms with van der Waals surface area (Å²) in [4.78, 5) is 14.4. The van der Waals surface area contributed by atoms with Crippen LogP contribution in [0.15, 0.2) is 18.2 Å². The molecule has 1 aliphatic heterocycles. The summed E-state index contributed by atoms with van der Waals surface area (Å²) in [7, 11) is 0. The number of carbonyl (C=O) groups is 1. The average molecular weight is 343 g/mol. The van der Waals surface area contributed by atoms with Crippen molar-refractivity contribution in [2.45, 2.75) is 32.6 Å². The molecule has 1 heterocycles. The Morgan fingerprint density at radius 3 is 2.70 bits per heavy atom. The van der Waals surface area contributed by atoms with Crippen LogP contribution in [0.2, 0.25) is 0 Å². The van der Waals surface area contributed by atoms with Gasteiger partial charge in [-0.1, -0.05) is 6.42 Å². The van der Waals surface area contributed by atoms with Crippen LogP contribution >= 0.6 is 12.4 Å². The minimum Gasteiger partial charge on any atom is -0.493 e. The molecule has 23 heavy (non-hydrogen) atoms. The maximum absolute atomic E-state index is 11.9. The molecule has 5 nitrogen and oxygen atoms in total. The van der Waals surface area contributed by atoms with Gasteiger partial charge < -0.3 is 20.1 Å². The van der Waals surface area contributed by atoms with E-state index in [-0.39, 0.29) is 18.4 Å². The molecule has 2 rings (SSSR count). The van der Waals surface area contributed by atoms with Gasteiger partial charge in [0.1, 0.15) is 11.3 Å². The van der Waals surface area contributed by atoms with Crippen molar-refractivity contribution in [1.29, 1.82) is 0 Å². The third kappa shape index (κ3) is 6.28. The molecule has 2 N–H and O–H groups in total. The van der Waals surface area contributed by atoms with Crippen molar-refractivity contribution in [2.75, 3.05) is 38.6 Å². The first-order chi connectivity index (χ1) is 10.7. The fourth-order valence-electron chi connectivity index (χ4n) is 2.70. The molecule has 1 fully saturated rings. The first kappa shape index (κ1) is 19.6. The molecule has 1 aromatic rings.